The second-order valence-electron chi connectivity index (χ2n) is 6.70. The highest BCUT2D eigenvalue weighted by molar-refractivity contribution is 5.94. The van der Waals surface area contributed by atoms with Crippen molar-refractivity contribution >= 4 is 17.6 Å². The SMILES string of the molecule is CC[C@H](C)[C@H](C(=O)OCC(=O)Nc1c(C)cccc1C)c1ccccc1. The summed E-state index contributed by atoms with van der Waals surface area (Å²) in [6.45, 7) is 7.65. The molecular formula is C22H27NO3. The summed E-state index contributed by atoms with van der Waals surface area (Å²) in [6.07, 6.45) is 0.850. The zero-order valence-corrected chi connectivity index (χ0v) is 15.9. The van der Waals surface area contributed by atoms with Crippen LogP contribution in [0.15, 0.2) is 48.5 Å². The standard InChI is InChI=1S/C22H27NO3/c1-5-15(2)20(18-12-7-6-8-13-18)22(25)26-14-19(24)23-21-16(3)10-9-11-17(21)4/h6-13,15,20H,5,14H2,1-4H3,(H,23,24)/t15-,20-/m0/s1. The fourth-order valence-corrected chi connectivity index (χ4v) is 3.01. The van der Waals surface area contributed by atoms with Crippen molar-refractivity contribution in [1.29, 1.82) is 0 Å². The third kappa shape index (κ3) is 4.94. The number of carbonyl (C=O) groups excluding carboxylic acids is 2. The van der Waals surface area contributed by atoms with Gasteiger partial charge in [-0.2, -0.15) is 0 Å². The minimum atomic E-state index is -0.366. The maximum absolute atomic E-state index is 12.6. The molecule has 0 spiro atoms. The fraction of sp³-hybridized carbons (Fsp3) is 0.364. The number of para-hydroxylation sites is 1. The Labute approximate surface area is 155 Å². The van der Waals surface area contributed by atoms with Crippen molar-refractivity contribution in [3.8, 4) is 0 Å². The molecule has 138 valence electrons. The van der Waals surface area contributed by atoms with E-state index in [2.05, 4.69) is 5.32 Å². The van der Waals surface area contributed by atoms with Gasteiger partial charge in [0.25, 0.3) is 5.91 Å². The number of ether oxygens (including phenoxy) is 1. The van der Waals surface area contributed by atoms with Crippen molar-refractivity contribution in [3.63, 3.8) is 0 Å². The zero-order chi connectivity index (χ0) is 19.1. The topological polar surface area (TPSA) is 55.4 Å². The zero-order valence-electron chi connectivity index (χ0n) is 15.9. The molecule has 1 N–H and O–H groups in total. The molecule has 2 aromatic rings. The molecule has 26 heavy (non-hydrogen) atoms. The van der Waals surface area contributed by atoms with E-state index >= 15 is 0 Å². The van der Waals surface area contributed by atoms with Crippen LogP contribution in [0.3, 0.4) is 0 Å². The van der Waals surface area contributed by atoms with Gasteiger partial charge in [0.1, 0.15) is 0 Å². The number of esters is 1. The van der Waals surface area contributed by atoms with E-state index in [-0.39, 0.29) is 30.3 Å². The van der Waals surface area contributed by atoms with Crippen LogP contribution in [0, 0.1) is 19.8 Å². The van der Waals surface area contributed by atoms with E-state index in [1.54, 1.807) is 0 Å². The lowest BCUT2D eigenvalue weighted by Gasteiger charge is -2.22. The van der Waals surface area contributed by atoms with Crippen molar-refractivity contribution < 1.29 is 14.3 Å². The number of anilines is 1. The molecule has 0 saturated carbocycles. The van der Waals surface area contributed by atoms with E-state index in [4.69, 9.17) is 4.74 Å². The van der Waals surface area contributed by atoms with Gasteiger partial charge in [-0.15, -0.1) is 0 Å². The smallest absolute Gasteiger partial charge is 0.314 e. The van der Waals surface area contributed by atoms with E-state index in [9.17, 15) is 9.59 Å². The molecule has 0 unspecified atom stereocenters. The number of nitrogens with one attached hydrogen (secondary N) is 1. The van der Waals surface area contributed by atoms with Crippen LogP contribution in [0.25, 0.3) is 0 Å². The molecule has 2 rings (SSSR count). The Bertz CT molecular complexity index is 735. The summed E-state index contributed by atoms with van der Waals surface area (Å²) in [5.41, 5.74) is 3.65. The maximum atomic E-state index is 12.6. The molecule has 4 nitrogen and oxygen atoms in total. The molecule has 0 aromatic heterocycles. The Kier molecular flexibility index (Phi) is 6.96. The van der Waals surface area contributed by atoms with E-state index in [0.717, 1.165) is 28.8 Å². The monoisotopic (exact) mass is 353 g/mol. The fourth-order valence-electron chi connectivity index (χ4n) is 3.01. The van der Waals surface area contributed by atoms with E-state index in [1.165, 1.54) is 0 Å². The maximum Gasteiger partial charge on any atom is 0.314 e. The molecule has 4 heteroatoms. The summed E-state index contributed by atoms with van der Waals surface area (Å²) >= 11 is 0. The van der Waals surface area contributed by atoms with Gasteiger partial charge in [0, 0.05) is 5.69 Å². The summed E-state index contributed by atoms with van der Waals surface area (Å²) in [4.78, 5) is 24.9. The van der Waals surface area contributed by atoms with Gasteiger partial charge >= 0.3 is 5.97 Å². The van der Waals surface area contributed by atoms with Gasteiger partial charge in [0.05, 0.1) is 5.92 Å². The molecule has 0 aliphatic heterocycles. The van der Waals surface area contributed by atoms with Crippen LogP contribution >= 0.6 is 0 Å². The minimum absolute atomic E-state index is 0.131. The quantitative estimate of drug-likeness (QED) is 0.739. The third-order valence-electron chi connectivity index (χ3n) is 4.72. The van der Waals surface area contributed by atoms with Crippen LogP contribution in [0.2, 0.25) is 0 Å². The number of rotatable bonds is 7. The van der Waals surface area contributed by atoms with Crippen molar-refractivity contribution in [2.24, 2.45) is 5.92 Å². The van der Waals surface area contributed by atoms with Gasteiger partial charge in [-0.1, -0.05) is 68.8 Å². The Hall–Kier alpha value is -2.62. The first-order valence-electron chi connectivity index (χ1n) is 9.01. The van der Waals surface area contributed by atoms with Crippen molar-refractivity contribution in [2.45, 2.75) is 40.0 Å². The van der Waals surface area contributed by atoms with E-state index < -0.39 is 0 Å². The predicted octanol–water partition coefficient (Wildman–Crippen LogP) is 4.62. The first kappa shape index (κ1) is 19.7. The van der Waals surface area contributed by atoms with Crippen LogP contribution in [-0.4, -0.2) is 18.5 Å². The van der Waals surface area contributed by atoms with Gasteiger partial charge < -0.3 is 10.1 Å². The van der Waals surface area contributed by atoms with Crippen LogP contribution in [0.4, 0.5) is 5.69 Å². The molecule has 2 aromatic carbocycles. The lowest BCUT2D eigenvalue weighted by Crippen LogP contribution is -2.27. The number of hydrogen-bond donors (Lipinski definition) is 1. The Balaban J connectivity index is 2.02. The van der Waals surface area contributed by atoms with Crippen molar-refractivity contribution in [2.75, 3.05) is 11.9 Å². The van der Waals surface area contributed by atoms with Crippen LogP contribution in [0.1, 0.15) is 42.9 Å². The van der Waals surface area contributed by atoms with Gasteiger partial charge in [-0.05, 0) is 36.5 Å². The average Bonchev–Trinajstić information content (AvgIpc) is 2.64. The first-order chi connectivity index (χ1) is 12.4. The predicted molar refractivity (Wildman–Crippen MR) is 104 cm³/mol. The highest BCUT2D eigenvalue weighted by atomic mass is 16.5. The number of hydrogen-bond acceptors (Lipinski definition) is 3. The number of carbonyl (C=O) groups is 2. The lowest BCUT2D eigenvalue weighted by atomic mass is 9.86. The molecule has 0 fully saturated rings. The molecule has 0 bridgehead atoms. The Morgan fingerprint density at radius 1 is 1.00 bits per heavy atom. The summed E-state index contributed by atoms with van der Waals surface area (Å²) in [5.74, 6) is -0.922. The highest BCUT2D eigenvalue weighted by Gasteiger charge is 2.27. The molecule has 2 atom stereocenters. The van der Waals surface area contributed by atoms with Gasteiger partial charge in [-0.25, -0.2) is 0 Å². The van der Waals surface area contributed by atoms with Crippen molar-refractivity contribution in [3.05, 3.63) is 65.2 Å². The summed E-state index contributed by atoms with van der Waals surface area (Å²) < 4.78 is 5.34. The molecule has 0 radical (unpaired) electrons. The number of aryl methyl sites for hydroxylation is 2. The van der Waals surface area contributed by atoms with Crippen LogP contribution < -0.4 is 5.32 Å². The lowest BCUT2D eigenvalue weighted by molar-refractivity contribution is -0.150. The summed E-state index contributed by atoms with van der Waals surface area (Å²) in [5, 5.41) is 2.84. The van der Waals surface area contributed by atoms with Crippen molar-refractivity contribution in [1.82, 2.24) is 0 Å². The third-order valence-corrected chi connectivity index (χ3v) is 4.72. The number of benzene rings is 2. The Morgan fingerprint density at radius 2 is 1.62 bits per heavy atom. The summed E-state index contributed by atoms with van der Waals surface area (Å²) in [7, 11) is 0. The molecule has 1 amide bonds. The highest BCUT2D eigenvalue weighted by Crippen LogP contribution is 2.28. The van der Waals surface area contributed by atoms with E-state index in [0.29, 0.717) is 0 Å². The first-order valence-corrected chi connectivity index (χ1v) is 9.01. The molecule has 0 heterocycles. The molecular weight excluding hydrogens is 326 g/mol. The van der Waals surface area contributed by atoms with Gasteiger partial charge in [0.15, 0.2) is 6.61 Å². The van der Waals surface area contributed by atoms with E-state index in [1.807, 2.05) is 76.2 Å². The van der Waals surface area contributed by atoms with Crippen LogP contribution in [0.5, 0.6) is 0 Å². The normalized spacial score (nSPS) is 12.9. The molecule has 0 saturated heterocycles. The minimum Gasteiger partial charge on any atom is -0.455 e. The second-order valence-corrected chi connectivity index (χ2v) is 6.70. The number of amides is 1. The Morgan fingerprint density at radius 3 is 2.19 bits per heavy atom. The molecule has 0 aliphatic carbocycles. The van der Waals surface area contributed by atoms with Gasteiger partial charge in [-0.3, -0.25) is 9.59 Å². The largest absolute Gasteiger partial charge is 0.455 e. The molecule has 0 aliphatic rings. The average molecular weight is 353 g/mol. The van der Waals surface area contributed by atoms with Crippen LogP contribution in [-0.2, 0) is 14.3 Å². The van der Waals surface area contributed by atoms with Gasteiger partial charge in [0.2, 0.25) is 0 Å². The second kappa shape index (κ2) is 9.18. The summed E-state index contributed by atoms with van der Waals surface area (Å²) in [6, 6.07) is 15.4.